The highest BCUT2D eigenvalue weighted by molar-refractivity contribution is 5.69. The van der Waals surface area contributed by atoms with Crippen molar-refractivity contribution in [2.75, 3.05) is 5.32 Å². The van der Waals surface area contributed by atoms with Gasteiger partial charge in [-0.1, -0.05) is 20.8 Å². The summed E-state index contributed by atoms with van der Waals surface area (Å²) in [6, 6.07) is 2.21. The Hall–Kier alpha value is -2.84. The summed E-state index contributed by atoms with van der Waals surface area (Å²) in [7, 11) is 0. The molecule has 2 bridgehead atoms. The fourth-order valence-corrected chi connectivity index (χ4v) is 4.59. The second-order valence-corrected chi connectivity index (χ2v) is 10.2. The van der Waals surface area contributed by atoms with Gasteiger partial charge in [0, 0.05) is 36.2 Å². The number of nitrogens with one attached hydrogen (secondary N) is 2. The van der Waals surface area contributed by atoms with Gasteiger partial charge < -0.3 is 19.7 Å². The molecule has 4 heterocycles. The van der Waals surface area contributed by atoms with E-state index in [1.165, 1.54) is 0 Å². The monoisotopic (exact) mass is 442 g/mol. The molecule has 9 heteroatoms. The van der Waals surface area contributed by atoms with Crippen molar-refractivity contribution in [1.29, 1.82) is 0 Å². The Labute approximate surface area is 189 Å². The lowest BCUT2D eigenvalue weighted by molar-refractivity contribution is -0.0272. The Morgan fingerprint density at radius 2 is 2.03 bits per heavy atom. The molecule has 174 valence electrons. The second-order valence-electron chi connectivity index (χ2n) is 10.2. The molecule has 0 saturated carbocycles. The molecule has 0 unspecified atom stereocenters. The van der Waals surface area contributed by atoms with E-state index in [4.69, 9.17) is 9.47 Å². The Morgan fingerprint density at radius 3 is 2.72 bits per heavy atom. The van der Waals surface area contributed by atoms with Crippen LogP contribution in [0.3, 0.4) is 0 Å². The largest absolute Gasteiger partial charge is 0.473 e. The lowest BCUT2D eigenvalue weighted by Gasteiger charge is -2.43. The maximum absolute atomic E-state index is 12.8. The molecule has 2 N–H and O–H groups in total. The number of aromatic amines is 1. The molecule has 0 radical (unpaired) electrons. The first-order valence-corrected chi connectivity index (χ1v) is 11.4. The van der Waals surface area contributed by atoms with Crippen LogP contribution in [0.4, 0.5) is 16.4 Å². The van der Waals surface area contributed by atoms with Gasteiger partial charge in [0.15, 0.2) is 11.6 Å². The molecule has 0 aliphatic carbocycles. The number of fused-ring (bicyclic) bond motifs is 2. The van der Waals surface area contributed by atoms with Gasteiger partial charge in [-0.15, -0.1) is 0 Å². The molecular formula is C23H34N6O3. The summed E-state index contributed by atoms with van der Waals surface area (Å²) < 4.78 is 11.9. The fourth-order valence-electron chi connectivity index (χ4n) is 4.59. The first-order chi connectivity index (χ1) is 15.1. The van der Waals surface area contributed by atoms with Gasteiger partial charge in [0.25, 0.3) is 0 Å². The number of amides is 1. The predicted molar refractivity (Wildman–Crippen MR) is 121 cm³/mol. The molecule has 32 heavy (non-hydrogen) atoms. The number of rotatable bonds is 5. The summed E-state index contributed by atoms with van der Waals surface area (Å²) in [5.41, 5.74) is 0.550. The lowest BCUT2D eigenvalue weighted by atomic mass is 9.89. The summed E-state index contributed by atoms with van der Waals surface area (Å²) in [6.07, 6.45) is 5.72. The lowest BCUT2D eigenvalue weighted by Crippen LogP contribution is -2.55. The maximum Gasteiger partial charge on any atom is 0.410 e. The Kier molecular flexibility index (Phi) is 6.01. The van der Waals surface area contributed by atoms with Gasteiger partial charge in [0.05, 0.1) is 12.4 Å². The average molecular weight is 443 g/mol. The molecular weight excluding hydrogens is 408 g/mol. The minimum Gasteiger partial charge on any atom is -0.473 e. The number of carbonyl (C=O) groups is 1. The van der Waals surface area contributed by atoms with Gasteiger partial charge in [-0.3, -0.25) is 10.1 Å². The van der Waals surface area contributed by atoms with E-state index < -0.39 is 5.60 Å². The zero-order valence-electron chi connectivity index (χ0n) is 19.8. The third-order valence-electron chi connectivity index (χ3n) is 6.21. The van der Waals surface area contributed by atoms with Crippen molar-refractivity contribution in [3.63, 3.8) is 0 Å². The maximum atomic E-state index is 12.8. The first-order valence-electron chi connectivity index (χ1n) is 11.4. The van der Waals surface area contributed by atoms with Crippen molar-refractivity contribution in [2.24, 2.45) is 5.92 Å². The van der Waals surface area contributed by atoms with Crippen LogP contribution < -0.4 is 10.1 Å². The quantitative estimate of drug-likeness (QED) is 0.696. The van der Waals surface area contributed by atoms with Gasteiger partial charge in [0.1, 0.15) is 11.7 Å². The number of hydrogen-bond acceptors (Lipinski definition) is 7. The number of nitrogens with zero attached hydrogens (tertiary/aromatic N) is 4. The van der Waals surface area contributed by atoms with Crippen molar-refractivity contribution >= 4 is 17.7 Å². The van der Waals surface area contributed by atoms with Crippen LogP contribution in [-0.4, -0.2) is 54.9 Å². The molecule has 2 aromatic rings. The Balaban J connectivity index is 1.42. The molecule has 1 amide bonds. The highest BCUT2D eigenvalue weighted by atomic mass is 16.6. The third kappa shape index (κ3) is 4.81. The summed E-state index contributed by atoms with van der Waals surface area (Å²) in [5, 5.41) is 10.5. The van der Waals surface area contributed by atoms with Crippen LogP contribution in [0.15, 0.2) is 18.5 Å². The van der Waals surface area contributed by atoms with Crippen LogP contribution in [0.25, 0.3) is 0 Å². The minimum atomic E-state index is -0.500. The van der Waals surface area contributed by atoms with Gasteiger partial charge in [-0.2, -0.15) is 10.1 Å². The number of carbonyl (C=O) groups excluding carboxylic acids is 1. The molecule has 2 aromatic heterocycles. The molecule has 0 spiro atoms. The van der Waals surface area contributed by atoms with E-state index in [0.29, 0.717) is 23.4 Å². The molecule has 2 fully saturated rings. The minimum absolute atomic E-state index is 0.0336. The van der Waals surface area contributed by atoms with Gasteiger partial charge in [0.2, 0.25) is 5.88 Å². The van der Waals surface area contributed by atoms with E-state index in [-0.39, 0.29) is 30.2 Å². The molecule has 4 rings (SSSR count). The topological polar surface area (TPSA) is 105 Å². The first kappa shape index (κ1) is 22.4. The van der Waals surface area contributed by atoms with E-state index in [1.54, 1.807) is 12.4 Å². The van der Waals surface area contributed by atoms with Gasteiger partial charge in [-0.05, 0) is 39.5 Å². The normalized spacial score (nSPS) is 25.2. The molecule has 4 atom stereocenters. The van der Waals surface area contributed by atoms with Crippen molar-refractivity contribution in [3.8, 4) is 5.88 Å². The van der Waals surface area contributed by atoms with Crippen LogP contribution in [0.2, 0.25) is 0 Å². The van der Waals surface area contributed by atoms with Crippen LogP contribution in [0, 0.1) is 5.92 Å². The molecule has 0 aromatic carbocycles. The number of H-pyrrole nitrogens is 1. The molecule has 2 aliphatic heterocycles. The Bertz CT molecular complexity index is 953. The van der Waals surface area contributed by atoms with Crippen molar-refractivity contribution in [3.05, 3.63) is 24.2 Å². The third-order valence-corrected chi connectivity index (χ3v) is 6.21. The van der Waals surface area contributed by atoms with Crippen LogP contribution in [-0.2, 0) is 4.74 Å². The van der Waals surface area contributed by atoms with E-state index in [0.717, 1.165) is 25.0 Å². The number of ether oxygens (including phenoxy) is 2. The molecule has 2 aliphatic rings. The molecule has 9 nitrogen and oxygen atoms in total. The predicted octanol–water partition coefficient (Wildman–Crippen LogP) is 4.62. The zero-order valence-corrected chi connectivity index (χ0v) is 19.8. The van der Waals surface area contributed by atoms with Crippen LogP contribution >= 0.6 is 0 Å². The summed E-state index contributed by atoms with van der Waals surface area (Å²) in [5.74, 6) is 2.27. The number of piperidine rings is 1. The fraction of sp³-hybridized carbons (Fsp3) is 0.652. The number of aromatic nitrogens is 4. The van der Waals surface area contributed by atoms with E-state index in [2.05, 4.69) is 46.3 Å². The smallest absolute Gasteiger partial charge is 0.410 e. The van der Waals surface area contributed by atoms with Crippen molar-refractivity contribution in [2.45, 2.75) is 90.5 Å². The van der Waals surface area contributed by atoms with Crippen LogP contribution in [0.5, 0.6) is 5.88 Å². The highest BCUT2D eigenvalue weighted by Gasteiger charge is 2.49. The SMILES string of the molecule is CC(C)c1cc(Nc2cncc(O[C@H]3C[C@@H]4CC[C@H]([C@H]3C)N4C(=O)OC(C)(C)C)n2)n[nH]1. The second kappa shape index (κ2) is 8.60. The number of hydrogen-bond donors (Lipinski definition) is 2. The van der Waals surface area contributed by atoms with E-state index in [1.807, 2.05) is 31.7 Å². The summed E-state index contributed by atoms with van der Waals surface area (Å²) in [4.78, 5) is 23.6. The summed E-state index contributed by atoms with van der Waals surface area (Å²) in [6.45, 7) is 12.1. The summed E-state index contributed by atoms with van der Waals surface area (Å²) >= 11 is 0. The van der Waals surface area contributed by atoms with Gasteiger partial charge in [-0.25, -0.2) is 4.79 Å². The molecule has 2 saturated heterocycles. The van der Waals surface area contributed by atoms with E-state index >= 15 is 0 Å². The number of anilines is 2. The standard InChI is InChI=1S/C23H34N6O3/c1-13(2)16-10-19(28-27-16)25-20-11-24-12-21(26-20)31-18-9-15-7-8-17(14(18)3)29(15)22(30)32-23(4,5)6/h10-15,17-18H,7-9H2,1-6H3,(H2,25,26,27,28)/t14-,15+,17-,18+/m1/s1. The van der Waals surface area contributed by atoms with Crippen molar-refractivity contribution < 1.29 is 14.3 Å². The van der Waals surface area contributed by atoms with E-state index in [9.17, 15) is 4.79 Å². The zero-order chi connectivity index (χ0) is 23.0. The highest BCUT2D eigenvalue weighted by Crippen LogP contribution is 2.41. The average Bonchev–Trinajstić information content (AvgIpc) is 3.30. The van der Waals surface area contributed by atoms with Crippen molar-refractivity contribution in [1.82, 2.24) is 25.1 Å². The Morgan fingerprint density at radius 1 is 1.25 bits per heavy atom. The van der Waals surface area contributed by atoms with Gasteiger partial charge >= 0.3 is 6.09 Å². The van der Waals surface area contributed by atoms with Crippen LogP contribution in [0.1, 0.15) is 72.4 Å².